The Bertz CT molecular complexity index is 1620. The minimum absolute atomic E-state index is 0.0531. The van der Waals surface area contributed by atoms with Crippen LogP contribution in [0.4, 0.5) is 18.0 Å². The summed E-state index contributed by atoms with van der Waals surface area (Å²) in [6.45, 7) is 4.05. The van der Waals surface area contributed by atoms with Gasteiger partial charge in [-0.15, -0.1) is 5.01 Å². The Kier molecular flexibility index (Phi) is 8.79. The molecule has 1 aliphatic rings. The van der Waals surface area contributed by atoms with E-state index >= 15 is 0 Å². The molecule has 1 aromatic heterocycles. The van der Waals surface area contributed by atoms with E-state index in [0.717, 1.165) is 40.4 Å². The second-order valence-corrected chi connectivity index (χ2v) is 11.0. The average molecular weight is 627 g/mol. The summed E-state index contributed by atoms with van der Waals surface area (Å²) in [4.78, 5) is 27.4. The number of benzene rings is 2. The molecule has 4 rings (SSSR count). The molecule has 0 saturated carbocycles. The Morgan fingerprint density at radius 1 is 1.14 bits per heavy atom. The van der Waals surface area contributed by atoms with Gasteiger partial charge in [0.1, 0.15) is 19.2 Å². The van der Waals surface area contributed by atoms with Crippen molar-refractivity contribution < 1.29 is 50.5 Å². The molecule has 2 heterocycles. The molecule has 14 nitrogen and oxygen atoms in total. The fourth-order valence-electron chi connectivity index (χ4n) is 3.80. The maximum absolute atomic E-state index is 13.4. The molecule has 1 amide bonds. The molecule has 1 unspecified atom stereocenters. The molecule has 1 atom stereocenters. The van der Waals surface area contributed by atoms with Crippen LogP contribution in [-0.2, 0) is 35.3 Å². The number of halogens is 3. The van der Waals surface area contributed by atoms with Crippen LogP contribution in [0, 0.1) is 12.1 Å². The summed E-state index contributed by atoms with van der Waals surface area (Å²) in [6, 6.07) is 12.3. The highest BCUT2D eigenvalue weighted by atomic mass is 32.2. The zero-order valence-corrected chi connectivity index (χ0v) is 23.6. The first kappa shape index (κ1) is 31.1. The van der Waals surface area contributed by atoms with Gasteiger partial charge in [-0.2, -0.15) is 18.3 Å². The highest BCUT2D eigenvalue weighted by Gasteiger charge is 2.38. The Balaban J connectivity index is 1.39. The van der Waals surface area contributed by atoms with Crippen molar-refractivity contribution in [3.63, 3.8) is 0 Å². The third-order valence-electron chi connectivity index (χ3n) is 5.90. The van der Waals surface area contributed by atoms with E-state index in [9.17, 15) is 36.4 Å². The summed E-state index contributed by atoms with van der Waals surface area (Å²) in [5, 5.41) is 19.8. The van der Waals surface area contributed by atoms with Gasteiger partial charge in [-0.25, -0.2) is 22.6 Å². The van der Waals surface area contributed by atoms with Crippen LogP contribution in [0.1, 0.15) is 25.1 Å². The van der Waals surface area contributed by atoms with Gasteiger partial charge in [-0.3, -0.25) is 9.63 Å². The Morgan fingerprint density at radius 3 is 2.35 bits per heavy atom. The van der Waals surface area contributed by atoms with Crippen LogP contribution in [0.15, 0.2) is 64.8 Å². The van der Waals surface area contributed by atoms with Crippen molar-refractivity contribution in [3.8, 4) is 16.9 Å². The molecule has 0 spiro atoms. The first-order valence-electron chi connectivity index (χ1n) is 12.5. The number of alkyl halides is 3. The standard InChI is InChI=1S/C25H25F3N6O8S/c1-15-4-6-18(7-5-15)22-12-23(25(26,27)28)29-33(22)19-8-10-21(11-9-19)43(38,39)30-24(36)41-20-13-32(14-20)34(37)31-42-17(3)40-16(2)35/h4-12,17,20H,13-14H2,1-3H3,(H,30,36). The quantitative estimate of drug-likeness (QED) is 0.122. The number of sulfonamides is 1. The predicted molar refractivity (Wildman–Crippen MR) is 139 cm³/mol. The van der Waals surface area contributed by atoms with Crippen molar-refractivity contribution in [2.45, 2.75) is 44.2 Å². The lowest BCUT2D eigenvalue weighted by atomic mass is 10.1. The van der Waals surface area contributed by atoms with Crippen LogP contribution >= 0.6 is 0 Å². The zero-order chi connectivity index (χ0) is 31.5. The van der Waals surface area contributed by atoms with Gasteiger partial charge in [-0.05, 0) is 37.3 Å². The summed E-state index contributed by atoms with van der Waals surface area (Å²) in [5.41, 5.74) is 0.509. The van der Waals surface area contributed by atoms with Crippen LogP contribution in [0.2, 0.25) is 0 Å². The number of hydrazine groups is 1. The van der Waals surface area contributed by atoms with E-state index in [1.165, 1.54) is 19.1 Å². The van der Waals surface area contributed by atoms with E-state index in [0.29, 0.717) is 5.56 Å². The topological polar surface area (TPSA) is 167 Å². The number of esters is 1. The molecular weight excluding hydrogens is 601 g/mol. The van der Waals surface area contributed by atoms with Gasteiger partial charge in [0.2, 0.25) is 5.28 Å². The highest BCUT2D eigenvalue weighted by molar-refractivity contribution is 7.90. The third-order valence-corrected chi connectivity index (χ3v) is 7.23. The number of hydrogen-bond acceptors (Lipinski definition) is 10. The maximum atomic E-state index is 13.4. The summed E-state index contributed by atoms with van der Waals surface area (Å²) < 4.78 is 78.2. The van der Waals surface area contributed by atoms with Gasteiger partial charge in [0.15, 0.2) is 5.69 Å². The lowest BCUT2D eigenvalue weighted by Crippen LogP contribution is -2.56. The summed E-state index contributed by atoms with van der Waals surface area (Å²) in [5.74, 6) is -0.640. The van der Waals surface area contributed by atoms with E-state index in [2.05, 4.69) is 20.0 Å². The number of carbonyl (C=O) groups excluding carboxylic acids is 2. The fourth-order valence-corrected chi connectivity index (χ4v) is 4.68. The number of rotatable bonds is 9. The Labute approximate surface area is 242 Å². The first-order valence-corrected chi connectivity index (χ1v) is 13.9. The van der Waals surface area contributed by atoms with Crippen molar-refractivity contribution in [1.29, 1.82) is 0 Å². The number of nitrogens with zero attached hydrogens (tertiary/aromatic N) is 5. The smallest absolute Gasteiger partial charge is 0.435 e. The minimum atomic E-state index is -4.71. The second-order valence-electron chi connectivity index (χ2n) is 9.31. The largest absolute Gasteiger partial charge is 0.569 e. The number of ether oxygens (including phenoxy) is 2. The van der Waals surface area contributed by atoms with E-state index < -0.39 is 46.4 Å². The molecule has 1 aliphatic heterocycles. The second kappa shape index (κ2) is 12.2. The molecule has 2 aromatic carbocycles. The van der Waals surface area contributed by atoms with Gasteiger partial charge in [0.25, 0.3) is 16.3 Å². The molecule has 0 radical (unpaired) electrons. The van der Waals surface area contributed by atoms with Crippen LogP contribution in [0.3, 0.4) is 0 Å². The van der Waals surface area contributed by atoms with Crippen molar-refractivity contribution in [1.82, 2.24) is 19.5 Å². The van der Waals surface area contributed by atoms with Crippen molar-refractivity contribution in [2.24, 2.45) is 5.28 Å². The number of aromatic nitrogens is 2. The van der Waals surface area contributed by atoms with E-state index in [-0.39, 0.29) is 34.3 Å². The minimum Gasteiger partial charge on any atom is -0.569 e. The molecule has 0 bridgehead atoms. The highest BCUT2D eigenvalue weighted by Crippen LogP contribution is 2.33. The zero-order valence-electron chi connectivity index (χ0n) is 22.8. The normalized spacial score (nSPS) is 14.9. The number of carbonyl (C=O) groups is 2. The van der Waals surface area contributed by atoms with Gasteiger partial charge in [0.05, 0.1) is 21.2 Å². The summed E-state index contributed by atoms with van der Waals surface area (Å²) >= 11 is 0. The Hall–Kier alpha value is -4.87. The molecule has 1 saturated heterocycles. The predicted octanol–water partition coefficient (Wildman–Crippen LogP) is 3.68. The van der Waals surface area contributed by atoms with E-state index in [1.54, 1.807) is 29.0 Å². The van der Waals surface area contributed by atoms with Crippen molar-refractivity contribution in [3.05, 3.63) is 71.1 Å². The van der Waals surface area contributed by atoms with Crippen LogP contribution in [-0.4, -0.2) is 65.7 Å². The van der Waals surface area contributed by atoms with Crippen LogP contribution in [0.25, 0.3) is 16.9 Å². The molecule has 230 valence electrons. The number of hydrogen-bond donors (Lipinski definition) is 1. The van der Waals surface area contributed by atoms with Gasteiger partial charge in [0, 0.05) is 19.4 Å². The van der Waals surface area contributed by atoms with E-state index in [1.807, 2.05) is 6.92 Å². The monoisotopic (exact) mass is 626 g/mol. The molecule has 3 aromatic rings. The number of amides is 1. The molecule has 1 N–H and O–H groups in total. The van der Waals surface area contributed by atoms with Crippen molar-refractivity contribution in [2.75, 3.05) is 13.1 Å². The lowest BCUT2D eigenvalue weighted by molar-refractivity contribution is -0.728. The molecule has 18 heteroatoms. The molecule has 1 fully saturated rings. The maximum Gasteiger partial charge on any atom is 0.435 e. The van der Waals surface area contributed by atoms with Crippen LogP contribution in [0.5, 0.6) is 0 Å². The third kappa shape index (κ3) is 7.70. The average Bonchev–Trinajstić information content (AvgIpc) is 3.35. The van der Waals surface area contributed by atoms with Crippen molar-refractivity contribution >= 4 is 22.1 Å². The SMILES string of the molecule is CC(=O)OC(C)ON=[N+]([O-])N1CC(OC(=O)NS(=O)(=O)c2ccc(-n3nc(C(F)(F)F)cc3-c3ccc(C)cc3)cc2)C1. The molecule has 43 heavy (non-hydrogen) atoms. The fraction of sp³-hybridized carbons (Fsp3) is 0.320. The van der Waals surface area contributed by atoms with Gasteiger partial charge >= 0.3 is 18.2 Å². The molecular formula is C25H25F3N6O8S. The first-order chi connectivity index (χ1) is 20.1. The number of aryl methyl sites for hydroxylation is 1. The Morgan fingerprint density at radius 2 is 1.77 bits per heavy atom. The van der Waals surface area contributed by atoms with E-state index in [4.69, 9.17) is 4.74 Å². The summed E-state index contributed by atoms with van der Waals surface area (Å²) in [6.07, 6.45) is -7.99. The number of nitrogens with one attached hydrogen (secondary N) is 1. The summed E-state index contributed by atoms with van der Waals surface area (Å²) in [7, 11) is -4.43. The van der Waals surface area contributed by atoms with Gasteiger partial charge in [-0.1, -0.05) is 29.8 Å². The van der Waals surface area contributed by atoms with Gasteiger partial charge < -0.3 is 14.7 Å². The lowest BCUT2D eigenvalue weighted by Gasteiger charge is -2.33. The van der Waals surface area contributed by atoms with Crippen LogP contribution < -0.4 is 4.72 Å². The molecule has 0 aliphatic carbocycles.